The summed E-state index contributed by atoms with van der Waals surface area (Å²) < 4.78 is 27.9. The number of hydrogen-bond donors (Lipinski definition) is 1. The summed E-state index contributed by atoms with van der Waals surface area (Å²) in [5, 5.41) is 0. The Bertz CT molecular complexity index is 678. The van der Waals surface area contributed by atoms with Crippen molar-refractivity contribution in [1.82, 2.24) is 9.29 Å². The fourth-order valence-corrected chi connectivity index (χ4v) is 5.42. The number of fused-ring (bicyclic) bond motifs is 1. The largest absolute Gasteiger partial charge is 0.330 e. The molecule has 1 saturated heterocycles. The molecule has 2 N–H and O–H groups in total. The second kappa shape index (κ2) is 5.40. The van der Waals surface area contributed by atoms with Gasteiger partial charge >= 0.3 is 0 Å². The number of rotatable bonds is 3. The van der Waals surface area contributed by atoms with Crippen LogP contribution in [0, 0.1) is 5.92 Å². The maximum absolute atomic E-state index is 12.7. The first-order valence-electron chi connectivity index (χ1n) is 6.67. The van der Waals surface area contributed by atoms with Gasteiger partial charge in [0, 0.05) is 13.1 Å². The van der Waals surface area contributed by atoms with Gasteiger partial charge in [0.05, 0.1) is 10.2 Å². The van der Waals surface area contributed by atoms with Crippen LogP contribution in [0.2, 0.25) is 0 Å². The summed E-state index contributed by atoms with van der Waals surface area (Å²) in [6.07, 6.45) is 1.87. The van der Waals surface area contributed by atoms with Gasteiger partial charge in [0.25, 0.3) is 10.0 Å². The highest BCUT2D eigenvalue weighted by molar-refractivity contribution is 7.91. The minimum atomic E-state index is -3.48. The summed E-state index contributed by atoms with van der Waals surface area (Å²) >= 11 is 1.23. The molecule has 7 heteroatoms. The van der Waals surface area contributed by atoms with Crippen molar-refractivity contribution < 1.29 is 8.42 Å². The molecule has 2 aromatic rings. The molecule has 3 rings (SSSR count). The van der Waals surface area contributed by atoms with Crippen molar-refractivity contribution in [2.24, 2.45) is 11.7 Å². The van der Waals surface area contributed by atoms with E-state index in [-0.39, 0.29) is 10.3 Å². The minimum absolute atomic E-state index is 0.191. The first kappa shape index (κ1) is 13.9. The molecule has 108 valence electrons. The number of nitrogens with zero attached hydrogens (tertiary/aromatic N) is 2. The van der Waals surface area contributed by atoms with Crippen LogP contribution in [0.3, 0.4) is 0 Å². The fraction of sp³-hybridized carbons (Fsp3) is 0.462. The number of sulfonamides is 1. The third-order valence-corrected chi connectivity index (χ3v) is 6.91. The smallest absolute Gasteiger partial charge is 0.270 e. The van der Waals surface area contributed by atoms with Crippen LogP contribution in [-0.4, -0.2) is 37.3 Å². The van der Waals surface area contributed by atoms with Crippen molar-refractivity contribution in [1.29, 1.82) is 0 Å². The Morgan fingerprint density at radius 1 is 1.40 bits per heavy atom. The average Bonchev–Trinajstić information content (AvgIpc) is 2.92. The predicted octanol–water partition coefficient (Wildman–Crippen LogP) is 1.66. The van der Waals surface area contributed by atoms with Gasteiger partial charge in [0.15, 0.2) is 0 Å². The quantitative estimate of drug-likeness (QED) is 0.935. The molecule has 0 spiro atoms. The van der Waals surface area contributed by atoms with E-state index >= 15 is 0 Å². The number of benzene rings is 1. The highest BCUT2D eigenvalue weighted by atomic mass is 32.2. The van der Waals surface area contributed by atoms with E-state index in [4.69, 9.17) is 5.73 Å². The molecule has 1 aromatic carbocycles. The molecule has 1 aromatic heterocycles. The molecule has 0 unspecified atom stereocenters. The van der Waals surface area contributed by atoms with Gasteiger partial charge < -0.3 is 5.73 Å². The Kier molecular flexibility index (Phi) is 3.76. The maximum Gasteiger partial charge on any atom is 0.270 e. The van der Waals surface area contributed by atoms with E-state index in [1.807, 2.05) is 24.3 Å². The number of aromatic nitrogens is 1. The summed E-state index contributed by atoms with van der Waals surface area (Å²) in [6.45, 7) is 1.61. The summed E-state index contributed by atoms with van der Waals surface area (Å²) in [5.74, 6) is 0.257. The highest BCUT2D eigenvalue weighted by Gasteiger charge is 2.32. The van der Waals surface area contributed by atoms with Crippen molar-refractivity contribution >= 4 is 31.6 Å². The fourth-order valence-electron chi connectivity index (χ4n) is 2.51. The zero-order valence-corrected chi connectivity index (χ0v) is 12.7. The Balaban J connectivity index is 1.94. The maximum atomic E-state index is 12.7. The first-order chi connectivity index (χ1) is 9.61. The van der Waals surface area contributed by atoms with Crippen molar-refractivity contribution in [2.75, 3.05) is 19.6 Å². The van der Waals surface area contributed by atoms with Gasteiger partial charge in [-0.1, -0.05) is 12.1 Å². The number of nitrogens with two attached hydrogens (primary N) is 1. The summed E-state index contributed by atoms with van der Waals surface area (Å²) in [6, 6.07) is 7.49. The topological polar surface area (TPSA) is 76.3 Å². The second-order valence-electron chi connectivity index (χ2n) is 5.05. The van der Waals surface area contributed by atoms with Crippen LogP contribution in [-0.2, 0) is 10.0 Å². The molecule has 20 heavy (non-hydrogen) atoms. The van der Waals surface area contributed by atoms with E-state index in [1.54, 1.807) is 0 Å². The lowest BCUT2D eigenvalue weighted by Crippen LogP contribution is -2.41. The molecule has 0 saturated carbocycles. The molecule has 0 bridgehead atoms. The van der Waals surface area contributed by atoms with Crippen LogP contribution >= 0.6 is 11.3 Å². The molecule has 1 atom stereocenters. The van der Waals surface area contributed by atoms with Gasteiger partial charge in [-0.2, -0.15) is 4.31 Å². The molecular formula is C13H17N3O2S2. The molecule has 0 aliphatic carbocycles. The van der Waals surface area contributed by atoms with Crippen LogP contribution in [0.25, 0.3) is 10.2 Å². The molecule has 5 nitrogen and oxygen atoms in total. The van der Waals surface area contributed by atoms with E-state index < -0.39 is 10.0 Å². The van der Waals surface area contributed by atoms with Crippen molar-refractivity contribution in [3.8, 4) is 0 Å². The number of hydrogen-bond acceptors (Lipinski definition) is 5. The molecule has 0 radical (unpaired) electrons. The molecule has 2 heterocycles. The monoisotopic (exact) mass is 311 g/mol. The SMILES string of the molecule is NC[C@@H]1CCCN(S(=O)(=O)c2nc3ccccc3s2)C1. The normalized spacial score (nSPS) is 21.4. The zero-order chi connectivity index (χ0) is 14.2. The van der Waals surface area contributed by atoms with E-state index in [0.29, 0.717) is 19.6 Å². The number of piperidine rings is 1. The van der Waals surface area contributed by atoms with Crippen molar-refractivity contribution in [2.45, 2.75) is 17.2 Å². The van der Waals surface area contributed by atoms with Crippen LogP contribution in [0.4, 0.5) is 0 Å². The van der Waals surface area contributed by atoms with Crippen LogP contribution in [0.5, 0.6) is 0 Å². The molecule has 0 amide bonds. The van der Waals surface area contributed by atoms with Crippen LogP contribution in [0.15, 0.2) is 28.6 Å². The summed E-state index contributed by atoms with van der Waals surface area (Å²) in [4.78, 5) is 4.27. The lowest BCUT2D eigenvalue weighted by atomic mass is 10.0. The summed E-state index contributed by atoms with van der Waals surface area (Å²) in [7, 11) is -3.48. The average molecular weight is 311 g/mol. The van der Waals surface area contributed by atoms with Gasteiger partial charge in [-0.25, -0.2) is 13.4 Å². The Morgan fingerprint density at radius 2 is 2.20 bits per heavy atom. The van der Waals surface area contributed by atoms with Crippen molar-refractivity contribution in [3.05, 3.63) is 24.3 Å². The van der Waals surface area contributed by atoms with E-state index in [1.165, 1.54) is 15.6 Å². The third kappa shape index (κ3) is 2.46. The van der Waals surface area contributed by atoms with Gasteiger partial charge in [0.1, 0.15) is 0 Å². The minimum Gasteiger partial charge on any atom is -0.330 e. The Hall–Kier alpha value is -1.02. The lowest BCUT2D eigenvalue weighted by molar-refractivity contribution is 0.271. The number of para-hydroxylation sites is 1. The molecule has 1 aliphatic heterocycles. The first-order valence-corrected chi connectivity index (χ1v) is 8.92. The van der Waals surface area contributed by atoms with E-state index in [9.17, 15) is 8.42 Å². The van der Waals surface area contributed by atoms with Crippen LogP contribution in [0.1, 0.15) is 12.8 Å². The highest BCUT2D eigenvalue weighted by Crippen LogP contribution is 2.29. The third-order valence-electron chi connectivity index (χ3n) is 3.65. The number of thiazole rings is 1. The van der Waals surface area contributed by atoms with Crippen molar-refractivity contribution in [3.63, 3.8) is 0 Å². The van der Waals surface area contributed by atoms with Gasteiger partial charge in [0.2, 0.25) is 4.34 Å². The second-order valence-corrected chi connectivity index (χ2v) is 8.20. The van der Waals surface area contributed by atoms with Gasteiger partial charge in [-0.05, 0) is 37.4 Å². The van der Waals surface area contributed by atoms with Crippen LogP contribution < -0.4 is 5.73 Å². The Morgan fingerprint density at radius 3 is 2.95 bits per heavy atom. The predicted molar refractivity (Wildman–Crippen MR) is 80.2 cm³/mol. The van der Waals surface area contributed by atoms with E-state index in [0.717, 1.165) is 23.1 Å². The van der Waals surface area contributed by atoms with E-state index in [2.05, 4.69) is 4.98 Å². The van der Waals surface area contributed by atoms with Gasteiger partial charge in [-0.3, -0.25) is 0 Å². The lowest BCUT2D eigenvalue weighted by Gasteiger charge is -2.30. The van der Waals surface area contributed by atoms with Gasteiger partial charge in [-0.15, -0.1) is 11.3 Å². The summed E-state index contributed by atoms with van der Waals surface area (Å²) in [5.41, 5.74) is 6.41. The Labute approximate surface area is 122 Å². The molecular weight excluding hydrogens is 294 g/mol. The molecule has 1 fully saturated rings. The standard InChI is InChI=1S/C13H17N3O2S2/c14-8-10-4-3-7-16(9-10)20(17,18)13-15-11-5-1-2-6-12(11)19-13/h1-2,5-6,10H,3-4,7-9,14H2/t10-/m0/s1. The zero-order valence-electron chi connectivity index (χ0n) is 11.0. The molecule has 1 aliphatic rings.